The topological polar surface area (TPSA) is 86.8 Å². The van der Waals surface area contributed by atoms with E-state index >= 15 is 0 Å². The van der Waals surface area contributed by atoms with Crippen LogP contribution in [0.1, 0.15) is 43.4 Å². The standard InChI is InChI=1S/C26H37N3O4S/c1-6-16-27-26(31)23(7-2)28(17-15-22-11-9-8-10-12-22)25(30)19-29(34(5,32)33)24-18-20(3)13-14-21(24)4/h8-14,18,23H,6-7,15-17,19H2,1-5H3,(H,27,31)/t23-/m0/s1. The highest BCUT2D eigenvalue weighted by atomic mass is 32.2. The molecule has 0 aliphatic heterocycles. The molecule has 0 saturated heterocycles. The van der Waals surface area contributed by atoms with Crippen molar-refractivity contribution in [2.45, 2.75) is 53.0 Å². The number of carbonyl (C=O) groups is 2. The lowest BCUT2D eigenvalue weighted by molar-refractivity contribution is -0.139. The normalized spacial score (nSPS) is 12.1. The number of hydrogen-bond donors (Lipinski definition) is 1. The van der Waals surface area contributed by atoms with Gasteiger partial charge >= 0.3 is 0 Å². The van der Waals surface area contributed by atoms with Gasteiger partial charge in [-0.2, -0.15) is 0 Å². The number of carbonyl (C=O) groups excluding carboxylic acids is 2. The zero-order chi connectivity index (χ0) is 25.3. The Balaban J connectivity index is 2.38. The number of aryl methyl sites for hydroxylation is 2. The Bertz CT molecular complexity index is 1070. The number of benzene rings is 2. The summed E-state index contributed by atoms with van der Waals surface area (Å²) in [4.78, 5) is 28.0. The maximum Gasteiger partial charge on any atom is 0.244 e. The Morgan fingerprint density at radius 3 is 2.29 bits per heavy atom. The molecule has 8 heteroatoms. The van der Waals surface area contributed by atoms with Crippen LogP contribution < -0.4 is 9.62 Å². The van der Waals surface area contributed by atoms with Crippen molar-refractivity contribution in [3.8, 4) is 0 Å². The predicted octanol–water partition coefficient (Wildman–Crippen LogP) is 3.45. The zero-order valence-corrected chi connectivity index (χ0v) is 21.7. The van der Waals surface area contributed by atoms with Gasteiger partial charge in [0.05, 0.1) is 11.9 Å². The first-order valence-electron chi connectivity index (χ1n) is 11.7. The fraction of sp³-hybridized carbons (Fsp3) is 0.462. The van der Waals surface area contributed by atoms with E-state index in [0.717, 1.165) is 33.7 Å². The predicted molar refractivity (Wildman–Crippen MR) is 137 cm³/mol. The van der Waals surface area contributed by atoms with Gasteiger partial charge < -0.3 is 10.2 Å². The summed E-state index contributed by atoms with van der Waals surface area (Å²) in [6.45, 7) is 7.99. The van der Waals surface area contributed by atoms with Gasteiger partial charge in [0, 0.05) is 13.1 Å². The first-order chi connectivity index (χ1) is 16.1. The maximum absolute atomic E-state index is 13.6. The van der Waals surface area contributed by atoms with Gasteiger partial charge in [0.25, 0.3) is 0 Å². The molecule has 2 rings (SSSR count). The van der Waals surface area contributed by atoms with Crippen molar-refractivity contribution >= 4 is 27.5 Å². The van der Waals surface area contributed by atoms with Crippen molar-refractivity contribution < 1.29 is 18.0 Å². The lowest BCUT2D eigenvalue weighted by Crippen LogP contribution is -2.53. The first kappa shape index (κ1) is 27.4. The molecular formula is C26H37N3O4S. The first-order valence-corrected chi connectivity index (χ1v) is 13.6. The summed E-state index contributed by atoms with van der Waals surface area (Å²) in [5.41, 5.74) is 3.17. The van der Waals surface area contributed by atoms with Gasteiger partial charge in [-0.3, -0.25) is 13.9 Å². The Labute approximate surface area is 204 Å². The average Bonchev–Trinajstić information content (AvgIpc) is 2.80. The Hall–Kier alpha value is -2.87. The van der Waals surface area contributed by atoms with Crippen molar-refractivity contribution in [1.29, 1.82) is 0 Å². The number of sulfonamides is 1. The molecule has 2 aromatic carbocycles. The van der Waals surface area contributed by atoms with Gasteiger partial charge in [0.1, 0.15) is 12.6 Å². The summed E-state index contributed by atoms with van der Waals surface area (Å²) >= 11 is 0. The highest BCUT2D eigenvalue weighted by molar-refractivity contribution is 7.92. The summed E-state index contributed by atoms with van der Waals surface area (Å²) in [7, 11) is -3.73. The second kappa shape index (κ2) is 12.6. The minimum atomic E-state index is -3.73. The van der Waals surface area contributed by atoms with Crippen LogP contribution in [0.2, 0.25) is 0 Å². The molecule has 0 bridgehead atoms. The molecule has 0 unspecified atom stereocenters. The van der Waals surface area contributed by atoms with Crippen LogP contribution in [-0.4, -0.2) is 57.1 Å². The molecule has 186 valence electrons. The largest absolute Gasteiger partial charge is 0.354 e. The molecule has 0 radical (unpaired) electrons. The summed E-state index contributed by atoms with van der Waals surface area (Å²) in [6.07, 6.45) is 2.88. The van der Waals surface area contributed by atoms with E-state index in [4.69, 9.17) is 0 Å². The molecule has 0 saturated carbocycles. The van der Waals surface area contributed by atoms with E-state index in [1.165, 1.54) is 4.90 Å². The number of nitrogens with one attached hydrogen (secondary N) is 1. The summed E-state index contributed by atoms with van der Waals surface area (Å²) in [5.74, 6) is -0.621. The molecule has 2 amide bonds. The smallest absolute Gasteiger partial charge is 0.244 e. The second-order valence-electron chi connectivity index (χ2n) is 8.60. The lowest BCUT2D eigenvalue weighted by atomic mass is 10.1. The molecule has 2 aromatic rings. The molecular weight excluding hydrogens is 450 g/mol. The number of nitrogens with zero attached hydrogens (tertiary/aromatic N) is 2. The van der Waals surface area contributed by atoms with Gasteiger partial charge in [-0.1, -0.05) is 56.3 Å². The number of hydrogen-bond acceptors (Lipinski definition) is 4. The fourth-order valence-electron chi connectivity index (χ4n) is 3.84. The third kappa shape index (κ3) is 7.58. The molecule has 7 nitrogen and oxygen atoms in total. The van der Waals surface area contributed by atoms with Crippen molar-refractivity contribution in [2.24, 2.45) is 0 Å². The van der Waals surface area contributed by atoms with Crippen LogP contribution in [-0.2, 0) is 26.0 Å². The van der Waals surface area contributed by atoms with E-state index in [-0.39, 0.29) is 12.5 Å². The summed E-state index contributed by atoms with van der Waals surface area (Å²) in [6, 6.07) is 14.6. The minimum Gasteiger partial charge on any atom is -0.354 e. The van der Waals surface area contributed by atoms with E-state index in [0.29, 0.717) is 31.6 Å². The number of anilines is 1. The lowest BCUT2D eigenvalue weighted by Gasteiger charge is -2.33. The van der Waals surface area contributed by atoms with Crippen LogP contribution in [0.4, 0.5) is 5.69 Å². The van der Waals surface area contributed by atoms with E-state index < -0.39 is 22.0 Å². The van der Waals surface area contributed by atoms with E-state index in [1.807, 2.05) is 70.2 Å². The molecule has 34 heavy (non-hydrogen) atoms. The quantitative estimate of drug-likeness (QED) is 0.497. The van der Waals surface area contributed by atoms with Crippen LogP contribution >= 0.6 is 0 Å². The Kier molecular flexibility index (Phi) is 10.1. The average molecular weight is 488 g/mol. The van der Waals surface area contributed by atoms with E-state index in [2.05, 4.69) is 5.32 Å². The van der Waals surface area contributed by atoms with Crippen LogP contribution in [0.5, 0.6) is 0 Å². The van der Waals surface area contributed by atoms with Crippen molar-refractivity contribution in [3.05, 3.63) is 65.2 Å². The van der Waals surface area contributed by atoms with Gasteiger partial charge in [0.2, 0.25) is 21.8 Å². The number of amides is 2. The molecule has 0 heterocycles. The Morgan fingerprint density at radius 1 is 1.03 bits per heavy atom. The summed E-state index contributed by atoms with van der Waals surface area (Å²) in [5, 5.41) is 2.88. The highest BCUT2D eigenvalue weighted by Crippen LogP contribution is 2.24. The van der Waals surface area contributed by atoms with E-state index in [9.17, 15) is 18.0 Å². The fourth-order valence-corrected chi connectivity index (χ4v) is 4.74. The van der Waals surface area contributed by atoms with Gasteiger partial charge in [0.15, 0.2) is 0 Å². The molecule has 0 aliphatic carbocycles. The zero-order valence-electron chi connectivity index (χ0n) is 20.9. The van der Waals surface area contributed by atoms with Gasteiger partial charge in [-0.05, 0) is 55.9 Å². The minimum absolute atomic E-state index is 0.219. The maximum atomic E-state index is 13.6. The van der Waals surface area contributed by atoms with Crippen molar-refractivity contribution in [1.82, 2.24) is 10.2 Å². The van der Waals surface area contributed by atoms with Gasteiger partial charge in [-0.15, -0.1) is 0 Å². The monoisotopic (exact) mass is 487 g/mol. The highest BCUT2D eigenvalue weighted by Gasteiger charge is 2.31. The van der Waals surface area contributed by atoms with Crippen molar-refractivity contribution in [3.63, 3.8) is 0 Å². The number of rotatable bonds is 12. The van der Waals surface area contributed by atoms with E-state index in [1.54, 1.807) is 6.07 Å². The molecule has 0 aromatic heterocycles. The molecule has 0 spiro atoms. The summed E-state index contributed by atoms with van der Waals surface area (Å²) < 4.78 is 26.6. The molecule has 1 N–H and O–H groups in total. The third-order valence-electron chi connectivity index (χ3n) is 5.73. The molecule has 1 atom stereocenters. The SMILES string of the molecule is CCCNC(=O)[C@H](CC)N(CCc1ccccc1)C(=O)CN(c1cc(C)ccc1C)S(C)(=O)=O. The Morgan fingerprint density at radius 2 is 1.71 bits per heavy atom. The van der Waals surface area contributed by atoms with Crippen LogP contribution in [0.25, 0.3) is 0 Å². The van der Waals surface area contributed by atoms with Crippen LogP contribution in [0.15, 0.2) is 48.5 Å². The third-order valence-corrected chi connectivity index (χ3v) is 6.86. The second-order valence-corrected chi connectivity index (χ2v) is 10.5. The van der Waals surface area contributed by atoms with Crippen molar-refractivity contribution in [2.75, 3.05) is 30.2 Å². The van der Waals surface area contributed by atoms with Crippen LogP contribution in [0, 0.1) is 13.8 Å². The van der Waals surface area contributed by atoms with Crippen LogP contribution in [0.3, 0.4) is 0 Å². The molecule has 0 aliphatic rings. The van der Waals surface area contributed by atoms with Gasteiger partial charge in [-0.25, -0.2) is 8.42 Å². The molecule has 0 fully saturated rings.